The lowest BCUT2D eigenvalue weighted by atomic mass is 9.69. The van der Waals surface area contributed by atoms with Crippen molar-refractivity contribution in [3.63, 3.8) is 0 Å². The van der Waals surface area contributed by atoms with Crippen molar-refractivity contribution in [3.8, 4) is 0 Å². The van der Waals surface area contributed by atoms with Gasteiger partial charge in [0.25, 0.3) is 0 Å². The normalized spacial score (nSPS) is 32.2. The van der Waals surface area contributed by atoms with E-state index >= 15 is 0 Å². The third-order valence-electron chi connectivity index (χ3n) is 5.21. The van der Waals surface area contributed by atoms with E-state index < -0.39 is 0 Å². The van der Waals surface area contributed by atoms with Crippen LogP contribution in [0.3, 0.4) is 0 Å². The predicted octanol–water partition coefficient (Wildman–Crippen LogP) is 4.72. The first kappa shape index (κ1) is 12.9. The first-order chi connectivity index (χ1) is 9.34. The van der Waals surface area contributed by atoms with Gasteiger partial charge in [-0.25, -0.2) is 0 Å². The van der Waals surface area contributed by atoms with Crippen LogP contribution in [0.4, 0.5) is 0 Å². The van der Waals surface area contributed by atoms with Crippen molar-refractivity contribution in [1.82, 2.24) is 0 Å². The average Bonchev–Trinajstić information content (AvgIpc) is 2.49. The van der Waals surface area contributed by atoms with Crippen LogP contribution in [0, 0.1) is 11.8 Å². The summed E-state index contributed by atoms with van der Waals surface area (Å²) >= 11 is 0. The van der Waals surface area contributed by atoms with Gasteiger partial charge in [0, 0.05) is 12.3 Å². The van der Waals surface area contributed by atoms with E-state index in [0.29, 0.717) is 17.6 Å². The first-order valence-corrected chi connectivity index (χ1v) is 7.92. The van der Waals surface area contributed by atoms with Crippen LogP contribution >= 0.6 is 0 Å². The highest BCUT2D eigenvalue weighted by molar-refractivity contribution is 5.81. The van der Waals surface area contributed by atoms with E-state index in [0.717, 1.165) is 18.8 Å². The molecule has 1 nitrogen and oxygen atoms in total. The molecule has 1 atom stereocenters. The lowest BCUT2D eigenvalue weighted by Crippen LogP contribution is -2.29. The molecule has 3 rings (SSSR count). The molecule has 0 radical (unpaired) electrons. The summed E-state index contributed by atoms with van der Waals surface area (Å²) in [7, 11) is 0. The molecule has 1 aromatic rings. The Morgan fingerprint density at radius 3 is 2.26 bits per heavy atom. The van der Waals surface area contributed by atoms with E-state index in [2.05, 4.69) is 30.3 Å². The molecule has 2 aliphatic rings. The second kappa shape index (κ2) is 5.90. The molecule has 0 heterocycles. The van der Waals surface area contributed by atoms with Crippen molar-refractivity contribution in [2.45, 2.75) is 57.3 Å². The number of ketones is 1. The summed E-state index contributed by atoms with van der Waals surface area (Å²) in [6.07, 6.45) is 9.50. The van der Waals surface area contributed by atoms with Crippen LogP contribution < -0.4 is 0 Å². The summed E-state index contributed by atoms with van der Waals surface area (Å²) in [6.45, 7) is 0. The minimum Gasteiger partial charge on any atom is -0.299 e. The molecule has 0 aliphatic heterocycles. The Hall–Kier alpha value is -1.11. The van der Waals surface area contributed by atoms with Gasteiger partial charge in [-0.2, -0.15) is 0 Å². The van der Waals surface area contributed by atoms with Gasteiger partial charge in [0.05, 0.1) is 0 Å². The summed E-state index contributed by atoms with van der Waals surface area (Å²) < 4.78 is 0. The van der Waals surface area contributed by atoms with Crippen LogP contribution in [-0.2, 0) is 4.79 Å². The third-order valence-corrected chi connectivity index (χ3v) is 5.21. The lowest BCUT2D eigenvalue weighted by molar-refractivity contribution is -0.126. The molecule has 2 fully saturated rings. The number of carbonyl (C=O) groups is 1. The Morgan fingerprint density at radius 1 is 0.842 bits per heavy atom. The second-order valence-electron chi connectivity index (χ2n) is 6.34. The molecule has 0 N–H and O–H groups in total. The third kappa shape index (κ3) is 2.91. The average molecular weight is 256 g/mol. The molecule has 0 saturated heterocycles. The highest BCUT2D eigenvalue weighted by atomic mass is 16.1. The number of Topliss-reactive ketones (excluding diaryl/α,β-unsaturated/α-hetero) is 1. The summed E-state index contributed by atoms with van der Waals surface area (Å²) in [5.41, 5.74) is 1.50. The zero-order valence-corrected chi connectivity index (χ0v) is 11.7. The second-order valence-corrected chi connectivity index (χ2v) is 6.34. The Morgan fingerprint density at radius 2 is 1.58 bits per heavy atom. The van der Waals surface area contributed by atoms with Crippen molar-refractivity contribution in [2.75, 3.05) is 0 Å². The standard InChI is InChI=1S/C18H24O/c19-18-9-5-4-8-17(18)16-12-10-15(11-13-16)14-6-2-1-3-7-14/h1-3,6-7,15-17H,4-5,8-13H2. The maximum absolute atomic E-state index is 12.0. The molecular formula is C18H24O. The summed E-state index contributed by atoms with van der Waals surface area (Å²) in [6, 6.07) is 10.9. The minimum atomic E-state index is 0.408. The Bertz CT molecular complexity index is 415. The smallest absolute Gasteiger partial charge is 0.136 e. The zero-order valence-electron chi connectivity index (χ0n) is 11.7. The maximum Gasteiger partial charge on any atom is 0.136 e. The largest absolute Gasteiger partial charge is 0.299 e. The van der Waals surface area contributed by atoms with Gasteiger partial charge in [-0.15, -0.1) is 0 Å². The molecule has 19 heavy (non-hydrogen) atoms. The Balaban J connectivity index is 1.59. The maximum atomic E-state index is 12.0. The molecule has 2 saturated carbocycles. The molecule has 2 aliphatic carbocycles. The van der Waals surface area contributed by atoms with Crippen molar-refractivity contribution in [3.05, 3.63) is 35.9 Å². The van der Waals surface area contributed by atoms with Crippen LogP contribution in [0.25, 0.3) is 0 Å². The monoisotopic (exact) mass is 256 g/mol. The number of hydrogen-bond donors (Lipinski definition) is 0. The topological polar surface area (TPSA) is 17.1 Å². The molecule has 0 aromatic heterocycles. The van der Waals surface area contributed by atoms with E-state index in [1.54, 1.807) is 0 Å². The van der Waals surface area contributed by atoms with E-state index in [1.807, 2.05) is 0 Å². The fourth-order valence-corrected chi connectivity index (χ4v) is 4.09. The van der Waals surface area contributed by atoms with Gasteiger partial charge < -0.3 is 0 Å². The minimum absolute atomic E-state index is 0.408. The lowest BCUT2D eigenvalue weighted by Gasteiger charge is -2.35. The van der Waals surface area contributed by atoms with Crippen LogP contribution in [0.5, 0.6) is 0 Å². The first-order valence-electron chi connectivity index (χ1n) is 7.92. The van der Waals surface area contributed by atoms with E-state index in [9.17, 15) is 4.79 Å². The fraction of sp³-hybridized carbons (Fsp3) is 0.611. The Labute approximate surface area is 116 Å². The number of rotatable bonds is 2. The number of benzene rings is 1. The predicted molar refractivity (Wildman–Crippen MR) is 78.1 cm³/mol. The van der Waals surface area contributed by atoms with Gasteiger partial charge in [0.1, 0.15) is 5.78 Å². The summed E-state index contributed by atoms with van der Waals surface area (Å²) in [5, 5.41) is 0. The quantitative estimate of drug-likeness (QED) is 0.748. The van der Waals surface area contributed by atoms with Crippen LogP contribution in [0.15, 0.2) is 30.3 Å². The van der Waals surface area contributed by atoms with Gasteiger partial charge in [-0.3, -0.25) is 4.79 Å². The highest BCUT2D eigenvalue weighted by Crippen LogP contribution is 2.41. The van der Waals surface area contributed by atoms with Crippen LogP contribution in [0.2, 0.25) is 0 Å². The zero-order chi connectivity index (χ0) is 13.1. The van der Waals surface area contributed by atoms with Crippen molar-refractivity contribution in [2.24, 2.45) is 11.8 Å². The number of carbonyl (C=O) groups excluding carboxylic acids is 1. The molecular weight excluding hydrogens is 232 g/mol. The molecule has 0 amide bonds. The van der Waals surface area contributed by atoms with Gasteiger partial charge in [-0.1, -0.05) is 36.8 Å². The van der Waals surface area contributed by atoms with Gasteiger partial charge in [-0.05, 0) is 55.9 Å². The van der Waals surface area contributed by atoms with Gasteiger partial charge in [0.15, 0.2) is 0 Å². The summed E-state index contributed by atoms with van der Waals surface area (Å²) in [4.78, 5) is 12.0. The molecule has 1 unspecified atom stereocenters. The number of hydrogen-bond acceptors (Lipinski definition) is 1. The van der Waals surface area contributed by atoms with Crippen molar-refractivity contribution in [1.29, 1.82) is 0 Å². The molecule has 0 spiro atoms. The fourth-order valence-electron chi connectivity index (χ4n) is 4.09. The molecule has 1 aromatic carbocycles. The molecule has 102 valence electrons. The van der Waals surface area contributed by atoms with E-state index in [1.165, 1.54) is 44.1 Å². The highest BCUT2D eigenvalue weighted by Gasteiger charge is 2.33. The van der Waals surface area contributed by atoms with E-state index in [-0.39, 0.29) is 0 Å². The Kier molecular flexibility index (Phi) is 4.00. The SMILES string of the molecule is O=C1CCCCC1C1CCC(c2ccccc2)CC1. The molecule has 1 heteroatoms. The van der Waals surface area contributed by atoms with E-state index in [4.69, 9.17) is 0 Å². The summed E-state index contributed by atoms with van der Waals surface area (Å²) in [5.74, 6) is 2.39. The van der Waals surface area contributed by atoms with Gasteiger partial charge in [0.2, 0.25) is 0 Å². The van der Waals surface area contributed by atoms with Crippen molar-refractivity contribution >= 4 is 5.78 Å². The van der Waals surface area contributed by atoms with Crippen molar-refractivity contribution < 1.29 is 4.79 Å². The molecule has 0 bridgehead atoms. The van der Waals surface area contributed by atoms with Crippen LogP contribution in [0.1, 0.15) is 62.8 Å². The van der Waals surface area contributed by atoms with Gasteiger partial charge >= 0.3 is 0 Å². The van der Waals surface area contributed by atoms with Crippen LogP contribution in [-0.4, -0.2) is 5.78 Å².